The van der Waals surface area contributed by atoms with Crippen molar-refractivity contribution in [2.75, 3.05) is 6.61 Å². The Bertz CT molecular complexity index is 977. The first-order valence-electron chi connectivity index (χ1n) is 8.87. The quantitative estimate of drug-likeness (QED) is 0.542. The predicted molar refractivity (Wildman–Crippen MR) is 88.4 cm³/mol. The third-order valence-electron chi connectivity index (χ3n) is 4.68. The average molecular weight is 438 g/mol. The Balaban J connectivity index is 1.96. The lowest BCUT2D eigenvalue weighted by atomic mass is 9.90. The lowest BCUT2D eigenvalue weighted by Gasteiger charge is -2.31. The Kier molecular flexibility index (Phi) is 5.65. The standard InChI is InChI=1S/C17H16F6N4O3/c1-2-30-14(28)13-10(16(18,19)20)4-6-12-25-26(15(29)27(12)13)8-9-3-5-11(24-7-9)17(21,22)23/h3,5,7,10,13H,2,4,6,8H2,1H3. The minimum absolute atomic E-state index is 0.0292. The van der Waals surface area contributed by atoms with Crippen molar-refractivity contribution >= 4 is 5.97 Å². The topological polar surface area (TPSA) is 79.0 Å². The van der Waals surface area contributed by atoms with Crippen molar-refractivity contribution in [1.29, 1.82) is 0 Å². The number of halogens is 6. The van der Waals surface area contributed by atoms with Crippen LogP contribution in [0.4, 0.5) is 26.3 Å². The Morgan fingerprint density at radius 1 is 1.23 bits per heavy atom. The van der Waals surface area contributed by atoms with Gasteiger partial charge in [-0.1, -0.05) is 6.07 Å². The lowest BCUT2D eigenvalue weighted by molar-refractivity contribution is -0.200. The van der Waals surface area contributed by atoms with Gasteiger partial charge in [0.2, 0.25) is 0 Å². The number of fused-ring (bicyclic) bond motifs is 1. The summed E-state index contributed by atoms with van der Waals surface area (Å²) in [7, 11) is 0. The van der Waals surface area contributed by atoms with E-state index in [1.165, 1.54) is 6.92 Å². The average Bonchev–Trinajstić information content (AvgIpc) is 2.96. The van der Waals surface area contributed by atoms with E-state index in [1.807, 2.05) is 0 Å². The molecule has 2 aromatic heterocycles. The zero-order valence-corrected chi connectivity index (χ0v) is 15.5. The number of aryl methyl sites for hydroxylation is 1. The molecule has 0 fully saturated rings. The zero-order chi connectivity index (χ0) is 22.3. The summed E-state index contributed by atoms with van der Waals surface area (Å²) < 4.78 is 84.4. The Morgan fingerprint density at radius 3 is 2.47 bits per heavy atom. The van der Waals surface area contributed by atoms with Crippen LogP contribution >= 0.6 is 0 Å². The number of alkyl halides is 6. The van der Waals surface area contributed by atoms with E-state index in [9.17, 15) is 35.9 Å². The summed E-state index contributed by atoms with van der Waals surface area (Å²) in [5.74, 6) is -3.34. The Morgan fingerprint density at radius 2 is 1.93 bits per heavy atom. The van der Waals surface area contributed by atoms with Gasteiger partial charge in [0.25, 0.3) is 0 Å². The number of carbonyl (C=O) groups is 1. The maximum absolute atomic E-state index is 13.5. The van der Waals surface area contributed by atoms with Crippen molar-refractivity contribution in [2.24, 2.45) is 5.92 Å². The number of ether oxygens (including phenoxy) is 1. The molecule has 0 saturated carbocycles. The highest BCUT2D eigenvalue weighted by Crippen LogP contribution is 2.41. The van der Waals surface area contributed by atoms with Gasteiger partial charge in [0, 0.05) is 12.6 Å². The molecule has 2 aromatic rings. The van der Waals surface area contributed by atoms with Crippen LogP contribution in [0.1, 0.15) is 36.5 Å². The zero-order valence-electron chi connectivity index (χ0n) is 15.5. The summed E-state index contributed by atoms with van der Waals surface area (Å²) in [5.41, 5.74) is -1.93. The van der Waals surface area contributed by atoms with Gasteiger partial charge in [0.1, 0.15) is 17.6 Å². The number of nitrogens with zero attached hydrogens (tertiary/aromatic N) is 4. The van der Waals surface area contributed by atoms with Crippen LogP contribution in [0, 0.1) is 5.92 Å². The lowest BCUT2D eigenvalue weighted by Crippen LogP contribution is -2.45. The molecule has 13 heteroatoms. The highest BCUT2D eigenvalue weighted by Gasteiger charge is 2.52. The number of carbonyl (C=O) groups excluding carboxylic acids is 1. The minimum Gasteiger partial charge on any atom is -0.464 e. The maximum atomic E-state index is 13.5. The van der Waals surface area contributed by atoms with Crippen molar-refractivity contribution in [3.63, 3.8) is 0 Å². The van der Waals surface area contributed by atoms with E-state index in [2.05, 4.69) is 10.1 Å². The fourth-order valence-electron chi connectivity index (χ4n) is 3.34. The molecule has 0 aliphatic carbocycles. The van der Waals surface area contributed by atoms with Crippen LogP contribution < -0.4 is 5.69 Å². The molecule has 1 aliphatic rings. The van der Waals surface area contributed by atoms with E-state index in [1.54, 1.807) is 0 Å². The van der Waals surface area contributed by atoms with Crippen molar-refractivity contribution in [3.05, 3.63) is 45.9 Å². The fourth-order valence-corrected chi connectivity index (χ4v) is 3.34. The molecule has 30 heavy (non-hydrogen) atoms. The Labute approximate surface area is 165 Å². The maximum Gasteiger partial charge on any atom is 0.433 e. The van der Waals surface area contributed by atoms with Crippen LogP contribution in [-0.2, 0) is 28.7 Å². The van der Waals surface area contributed by atoms with Crippen molar-refractivity contribution in [3.8, 4) is 0 Å². The molecule has 0 saturated heterocycles. The van der Waals surface area contributed by atoms with E-state index < -0.39 is 48.1 Å². The third-order valence-corrected chi connectivity index (χ3v) is 4.68. The first-order chi connectivity index (χ1) is 13.9. The molecule has 7 nitrogen and oxygen atoms in total. The van der Waals surface area contributed by atoms with Crippen molar-refractivity contribution in [1.82, 2.24) is 19.3 Å². The van der Waals surface area contributed by atoms with Gasteiger partial charge >= 0.3 is 24.0 Å². The molecule has 0 aromatic carbocycles. The second kappa shape index (κ2) is 7.76. The fraction of sp³-hybridized carbons (Fsp3) is 0.529. The summed E-state index contributed by atoms with van der Waals surface area (Å²) >= 11 is 0. The number of aromatic nitrogens is 4. The van der Waals surface area contributed by atoms with Crippen molar-refractivity contribution in [2.45, 2.75) is 44.7 Å². The normalized spacial score (nSPS) is 19.4. The summed E-state index contributed by atoms with van der Waals surface area (Å²) in [6, 6.07) is -0.111. The molecule has 2 atom stereocenters. The van der Waals surface area contributed by atoms with Gasteiger partial charge in [-0.3, -0.25) is 9.55 Å². The second-order valence-corrected chi connectivity index (χ2v) is 6.66. The van der Waals surface area contributed by atoms with Crippen LogP contribution in [-0.4, -0.2) is 38.1 Å². The molecule has 2 unspecified atom stereocenters. The predicted octanol–water partition coefficient (Wildman–Crippen LogP) is 2.74. The van der Waals surface area contributed by atoms with Gasteiger partial charge in [-0.25, -0.2) is 14.3 Å². The van der Waals surface area contributed by atoms with Crippen LogP contribution in [0.3, 0.4) is 0 Å². The number of rotatable bonds is 4. The van der Waals surface area contributed by atoms with Crippen LogP contribution in [0.15, 0.2) is 23.1 Å². The Hall–Kier alpha value is -2.86. The molecule has 3 heterocycles. The summed E-state index contributed by atoms with van der Waals surface area (Å²) in [4.78, 5) is 28.2. The first-order valence-corrected chi connectivity index (χ1v) is 8.87. The largest absolute Gasteiger partial charge is 0.464 e. The molecule has 0 amide bonds. The van der Waals surface area contributed by atoms with E-state index in [4.69, 9.17) is 4.74 Å². The van der Waals surface area contributed by atoms with Crippen LogP contribution in [0.2, 0.25) is 0 Å². The number of pyridine rings is 1. The van der Waals surface area contributed by atoms with Crippen LogP contribution in [0.5, 0.6) is 0 Å². The van der Waals surface area contributed by atoms with Gasteiger partial charge in [-0.05, 0) is 25.0 Å². The van der Waals surface area contributed by atoms with E-state index in [-0.39, 0.29) is 31.0 Å². The van der Waals surface area contributed by atoms with E-state index in [0.717, 1.165) is 23.0 Å². The smallest absolute Gasteiger partial charge is 0.433 e. The highest BCUT2D eigenvalue weighted by molar-refractivity contribution is 5.75. The van der Waals surface area contributed by atoms with Crippen molar-refractivity contribution < 1.29 is 35.9 Å². The molecule has 164 valence electrons. The van der Waals surface area contributed by atoms with Gasteiger partial charge < -0.3 is 4.74 Å². The van der Waals surface area contributed by atoms with Gasteiger partial charge in [0.15, 0.2) is 0 Å². The number of hydrogen-bond acceptors (Lipinski definition) is 5. The molecule has 0 radical (unpaired) electrons. The third kappa shape index (κ3) is 4.19. The van der Waals surface area contributed by atoms with E-state index in [0.29, 0.717) is 4.57 Å². The van der Waals surface area contributed by atoms with Gasteiger partial charge in [-0.15, -0.1) is 0 Å². The second-order valence-electron chi connectivity index (χ2n) is 6.66. The molecular weight excluding hydrogens is 422 g/mol. The molecule has 0 N–H and O–H groups in total. The molecule has 3 rings (SSSR count). The van der Waals surface area contributed by atoms with Crippen LogP contribution in [0.25, 0.3) is 0 Å². The SMILES string of the molecule is CCOC(=O)C1C(C(F)(F)F)CCc2nn(Cc3ccc(C(F)(F)F)nc3)c(=O)n21. The molecule has 0 spiro atoms. The number of esters is 1. The van der Waals surface area contributed by atoms with E-state index >= 15 is 0 Å². The summed E-state index contributed by atoms with van der Waals surface area (Å²) in [6.07, 6.45) is -9.13. The molecule has 0 bridgehead atoms. The van der Waals surface area contributed by atoms with Gasteiger partial charge in [-0.2, -0.15) is 31.4 Å². The molecular formula is C17H16F6N4O3. The van der Waals surface area contributed by atoms with Gasteiger partial charge in [0.05, 0.1) is 19.1 Å². The first kappa shape index (κ1) is 21.8. The number of hydrogen-bond donors (Lipinski definition) is 0. The molecule has 1 aliphatic heterocycles. The minimum atomic E-state index is -4.74. The highest BCUT2D eigenvalue weighted by atomic mass is 19.4. The summed E-state index contributed by atoms with van der Waals surface area (Å²) in [5, 5.41) is 3.97. The summed E-state index contributed by atoms with van der Waals surface area (Å²) in [6.45, 7) is 0.930. The monoisotopic (exact) mass is 438 g/mol.